The second kappa shape index (κ2) is 78.8. The zero-order valence-electron chi connectivity index (χ0n) is 77.4. The second-order valence-electron chi connectivity index (χ2n) is 26.6. The van der Waals surface area contributed by atoms with Crippen LogP contribution >= 0.6 is 23.5 Å². The van der Waals surface area contributed by atoms with Gasteiger partial charge in [-0.2, -0.15) is 21.0 Å². The van der Waals surface area contributed by atoms with E-state index in [4.69, 9.17) is 45.2 Å². The van der Waals surface area contributed by atoms with Gasteiger partial charge < -0.3 is 69.7 Å². The maximum atomic E-state index is 12.5. The van der Waals surface area contributed by atoms with Crippen LogP contribution in [0.2, 0.25) is 0 Å². The molecule has 0 bridgehead atoms. The number of hydroxylamine groups is 4. The second-order valence-corrected chi connectivity index (χ2v) is 31.6. The number of rotatable bonds is 40. The summed E-state index contributed by atoms with van der Waals surface area (Å²) in [6, 6.07) is 17.7. The van der Waals surface area contributed by atoms with Crippen molar-refractivity contribution in [3.8, 4) is 35.8 Å². The molecule has 2 aromatic carbocycles. The first kappa shape index (κ1) is 125. The number of nitriles is 4. The van der Waals surface area contributed by atoms with E-state index in [9.17, 15) is 74.8 Å². The molecule has 11 amide bonds. The van der Waals surface area contributed by atoms with E-state index in [2.05, 4.69) is 78.3 Å². The lowest BCUT2D eigenvalue weighted by Gasteiger charge is -2.16. The van der Waals surface area contributed by atoms with Gasteiger partial charge in [0.2, 0.25) is 65.1 Å². The summed E-state index contributed by atoms with van der Waals surface area (Å²) in [5.74, 6) is -1.13. The Morgan fingerprint density at radius 3 is 1.30 bits per heavy atom. The predicted molar refractivity (Wildman–Crippen MR) is 509 cm³/mol. The lowest BCUT2D eigenvalue weighted by molar-refractivity contribution is -0.750. The summed E-state index contributed by atoms with van der Waals surface area (Å²) in [7, 11) is -4.58. The number of allylic oxidation sites excluding steroid dienone is 9. The maximum Gasteiger partial charge on any atom is 0.500 e. The minimum atomic E-state index is -4.43. The van der Waals surface area contributed by atoms with Gasteiger partial charge in [-0.3, -0.25) is 57.9 Å². The van der Waals surface area contributed by atoms with Crippen LogP contribution < -0.4 is 61.1 Å². The van der Waals surface area contributed by atoms with Crippen molar-refractivity contribution in [2.45, 2.75) is 169 Å². The van der Waals surface area contributed by atoms with E-state index in [1.165, 1.54) is 116 Å². The third kappa shape index (κ3) is 62.9. The van der Waals surface area contributed by atoms with Crippen molar-refractivity contribution in [2.75, 3.05) is 94.8 Å². The summed E-state index contributed by atoms with van der Waals surface area (Å²) in [6.45, 7) is 35.8. The molecule has 0 saturated carbocycles. The van der Waals surface area contributed by atoms with Crippen LogP contribution in [0.15, 0.2) is 171 Å². The molecule has 4 aliphatic rings. The fourth-order valence-corrected chi connectivity index (χ4v) is 12.2. The van der Waals surface area contributed by atoms with Crippen LogP contribution in [-0.4, -0.2) is 216 Å². The van der Waals surface area contributed by atoms with Crippen LogP contribution in [-0.2, 0) is 86.7 Å². The molecule has 0 aromatic heterocycles. The van der Waals surface area contributed by atoms with Crippen LogP contribution in [0, 0.1) is 56.4 Å². The predicted octanol–water partition coefficient (Wildman–Crippen LogP) is 8.88. The smallest absolute Gasteiger partial charge is 0.500 e. The molecular formula is C89H130N17O22S4+. The van der Waals surface area contributed by atoms with E-state index in [1.54, 1.807) is 49.6 Å². The van der Waals surface area contributed by atoms with Gasteiger partial charge in [0.25, 0.3) is 6.21 Å². The fourth-order valence-electron chi connectivity index (χ4n) is 9.01. The SMILES string of the molecule is C=C/C=C/C(=O)NCCC.C=C/C=C/C(=O)NCCC.C=CC(=O)NCCC.CCCN.CCCNC(=O)/C=[N+](\C)O.CCCNC(=O)/C=[N+](\C)[O-].CCCNC(=O)C1C=C(C#N)ON1C.CCCNC(=O)C1C=CCC(C#N)=C1.CCCSC1CC(=O)N(c2cccc(OS(=O)(=O)O/C=C/C#N)c2)C1=O.CCCSC1CC(=O)N(c2cccc(OS(=O)(=O)O/C=C/C#N)c2)C1=O. The third-order valence-corrected chi connectivity index (χ3v) is 19.3. The Hall–Kier alpha value is -13.2. The molecule has 1 aliphatic carbocycles. The van der Waals surface area contributed by atoms with Crippen molar-refractivity contribution < 1.29 is 106 Å². The first-order chi connectivity index (χ1) is 62.9. The molecule has 43 heteroatoms. The number of amides is 11. The topological polar surface area (TPSA) is 567 Å². The zero-order chi connectivity index (χ0) is 101. The molecule has 726 valence electrons. The largest absolute Gasteiger partial charge is 0.624 e. The van der Waals surface area contributed by atoms with Crippen molar-refractivity contribution >= 4 is 133 Å². The molecule has 2 aromatic rings. The number of nitrogens with two attached hydrogens (primary N) is 1. The van der Waals surface area contributed by atoms with E-state index >= 15 is 0 Å². The van der Waals surface area contributed by atoms with Crippen LogP contribution in [0.3, 0.4) is 0 Å². The summed E-state index contributed by atoms with van der Waals surface area (Å²) < 4.78 is 66.0. The fraction of sp³-hybridized carbons (Fsp3) is 0.449. The van der Waals surface area contributed by atoms with Gasteiger partial charge in [-0.05, 0) is 117 Å². The number of hydrogen-bond donors (Lipinski definition) is 9. The Morgan fingerprint density at radius 2 is 0.955 bits per heavy atom. The first-order valence-corrected chi connectivity index (χ1v) is 46.8. The molecule has 39 nitrogen and oxygen atoms in total. The van der Waals surface area contributed by atoms with Gasteiger partial charge in [0, 0.05) is 108 Å². The molecule has 132 heavy (non-hydrogen) atoms. The number of thioether (sulfide) groups is 2. The van der Waals surface area contributed by atoms with E-state index < -0.39 is 37.3 Å². The monoisotopic (exact) mass is 1920 g/mol. The third-order valence-electron chi connectivity index (χ3n) is 15.0. The van der Waals surface area contributed by atoms with Gasteiger partial charge in [0.15, 0.2) is 7.05 Å². The highest BCUT2D eigenvalue weighted by molar-refractivity contribution is 8.00. The van der Waals surface area contributed by atoms with Gasteiger partial charge in [-0.1, -0.05) is 144 Å². The van der Waals surface area contributed by atoms with Crippen molar-refractivity contribution in [1.82, 2.24) is 42.3 Å². The number of imide groups is 2. The number of nitrogens with zero attached hydrogens (tertiary/aromatic N) is 9. The molecule has 0 radical (unpaired) electrons. The summed E-state index contributed by atoms with van der Waals surface area (Å²) >= 11 is 2.85. The minimum Gasteiger partial charge on any atom is -0.624 e. The van der Waals surface area contributed by atoms with Gasteiger partial charge in [-0.25, -0.2) is 14.5 Å². The van der Waals surface area contributed by atoms with Crippen molar-refractivity contribution in [3.05, 3.63) is 176 Å². The maximum absolute atomic E-state index is 12.5. The van der Waals surface area contributed by atoms with Crippen LogP contribution in [0.5, 0.6) is 11.5 Å². The number of likely N-dealkylation sites (N-methyl/N-ethyl adjacent to an activating group) is 1. The van der Waals surface area contributed by atoms with E-state index in [-0.39, 0.29) is 112 Å². The minimum absolute atomic E-state index is 0.0180. The highest BCUT2D eigenvalue weighted by Gasteiger charge is 2.41. The van der Waals surface area contributed by atoms with Crippen molar-refractivity contribution in [3.63, 3.8) is 0 Å². The highest BCUT2D eigenvalue weighted by atomic mass is 32.3. The molecular weight excluding hydrogens is 1790 g/mol. The van der Waals surface area contributed by atoms with Crippen LogP contribution in [0.25, 0.3) is 0 Å². The van der Waals surface area contributed by atoms with Gasteiger partial charge in [-0.15, -0.1) is 45.4 Å². The Labute approximate surface area is 785 Å². The lowest BCUT2D eigenvalue weighted by Crippen LogP contribution is -2.41. The quantitative estimate of drug-likeness (QED) is 0.00257. The van der Waals surface area contributed by atoms with Gasteiger partial charge >= 0.3 is 32.6 Å². The standard InChI is InChI=1S/2C16H16N2O6S2.C11H14N2O.C9H13N3O2.2C8H13NO.2C6H12N2O2.C6H11NO.C3H9N/c2*1-2-9-25-14-11-15(19)18(16(14)20)12-5-3-6-13(10-12)24-26(21,22)23-8-4-7-17;1-2-6-13-11(14)10-5-3-4-9(7-10)8-12;1-3-4-11-9(13)8-5-7(6-10)14-12(8)2;2*1-3-5-6-8(10)9-7-4-2;2*1-3-4-7-6(9)5-8(2)10;1-3-5-7-6(8)4-2;1-2-3-4/h2*3-6,8,10,14H,2,9,11H2,1H3;3,5,7,10H,2,4,6H2,1H3,(H,13,14);5,8H,3-4H2,1-2H3,(H,11,13);2*3,5-6H,1,4,7H2,2H3,(H,9,10);5H,3-4H2,1-2H3,(H-,7,9,10);5H,3-4H2,1-2H3,(H,7,9);4H,2-3,5H2,1H3,(H,7,8);2-4H2,1H3/p+1/b2*8-4+;;;2*6-5+;;8-5+;;. The molecule has 4 atom stereocenters. The lowest BCUT2D eigenvalue weighted by atomic mass is 9.97. The number of benzene rings is 2. The van der Waals surface area contributed by atoms with Crippen molar-refractivity contribution in [2.24, 2.45) is 11.7 Å². The number of carbonyl (C=O) groups excluding carboxylic acids is 11. The van der Waals surface area contributed by atoms with Crippen LogP contribution in [0.4, 0.5) is 11.4 Å². The normalized spacial score (nSPS) is 15.1. The van der Waals surface area contributed by atoms with Gasteiger partial charge in [0.05, 0.1) is 58.2 Å². The van der Waals surface area contributed by atoms with Crippen LogP contribution in [0.1, 0.15) is 153 Å². The summed E-state index contributed by atoms with van der Waals surface area (Å²) in [5.41, 5.74) is 6.14. The van der Waals surface area contributed by atoms with Crippen molar-refractivity contribution in [1.29, 1.82) is 21.0 Å². The summed E-state index contributed by atoms with van der Waals surface area (Å²) in [6.07, 6.45) is 32.8. The molecule has 0 spiro atoms. The number of carbonyl (C=O) groups is 11. The average molecular weight is 1920 g/mol. The number of anilines is 2. The Kier molecular flexibility index (Phi) is 74.7. The first-order valence-electron chi connectivity index (χ1n) is 42.1. The van der Waals surface area contributed by atoms with E-state index in [1.807, 2.05) is 80.5 Å². The molecule has 3 heterocycles. The Balaban J connectivity index is -0.000000718. The highest BCUT2D eigenvalue weighted by Crippen LogP contribution is 2.34. The molecule has 2 saturated heterocycles. The summed E-state index contributed by atoms with van der Waals surface area (Å²) in [5, 5.41) is 71.8. The molecule has 10 N–H and O–H groups in total. The van der Waals surface area contributed by atoms with E-state index in [0.29, 0.717) is 55.4 Å². The molecule has 4 unspecified atom stereocenters. The van der Waals surface area contributed by atoms with E-state index in [0.717, 1.165) is 141 Å². The Bertz CT molecular complexity index is 4440. The average Bonchev–Trinajstić information content (AvgIpc) is 1.65. The van der Waals surface area contributed by atoms with Gasteiger partial charge in [0.1, 0.15) is 43.2 Å². The number of hydrogen-bond acceptors (Lipinski definition) is 30. The molecule has 3 aliphatic heterocycles. The Morgan fingerprint density at radius 1 is 0.568 bits per heavy atom. The zero-order valence-corrected chi connectivity index (χ0v) is 80.6. The molecule has 2 fully saturated rings. The molecule has 6 rings (SSSR count). The summed E-state index contributed by atoms with van der Waals surface area (Å²) in [4.78, 5) is 132. The number of nitrogens with one attached hydrogen (secondary N) is 7.